The molecule has 21 heavy (non-hydrogen) atoms. The van der Waals surface area contributed by atoms with E-state index < -0.39 is 0 Å². The molecule has 1 unspecified atom stereocenters. The van der Waals surface area contributed by atoms with Crippen LogP contribution in [0.5, 0.6) is 5.75 Å². The number of likely N-dealkylation sites (tertiary alicyclic amines) is 1. The minimum absolute atomic E-state index is 0.189. The van der Waals surface area contributed by atoms with E-state index in [2.05, 4.69) is 11.4 Å². The van der Waals surface area contributed by atoms with Crippen LogP contribution in [0.25, 0.3) is 0 Å². The fourth-order valence-electron chi connectivity index (χ4n) is 2.95. The van der Waals surface area contributed by atoms with Crippen molar-refractivity contribution in [2.24, 2.45) is 0 Å². The zero-order valence-electron chi connectivity index (χ0n) is 11.9. The first-order valence-corrected chi connectivity index (χ1v) is 8.23. The molecule has 1 aliphatic rings. The first kappa shape index (κ1) is 14.1. The maximum absolute atomic E-state index is 12.5. The molecule has 1 atom stereocenters. The molecule has 1 saturated heterocycles. The summed E-state index contributed by atoms with van der Waals surface area (Å²) in [6.07, 6.45) is 3.19. The second kappa shape index (κ2) is 6.31. The van der Waals surface area contributed by atoms with E-state index in [1.54, 1.807) is 23.5 Å². The fourth-order valence-corrected chi connectivity index (χ4v) is 3.82. The summed E-state index contributed by atoms with van der Waals surface area (Å²) in [5.74, 6) is 0.468. The normalized spacial score (nSPS) is 18.1. The maximum Gasteiger partial charge on any atom is 0.223 e. The summed E-state index contributed by atoms with van der Waals surface area (Å²) in [6, 6.07) is 11.7. The lowest BCUT2D eigenvalue weighted by molar-refractivity contribution is -0.132. The highest BCUT2D eigenvalue weighted by Crippen LogP contribution is 2.35. The number of aryl methyl sites for hydroxylation is 1. The van der Waals surface area contributed by atoms with Gasteiger partial charge in [-0.15, -0.1) is 11.3 Å². The summed E-state index contributed by atoms with van der Waals surface area (Å²) in [4.78, 5) is 15.8. The molecule has 3 rings (SSSR count). The molecule has 1 fully saturated rings. The predicted octanol–water partition coefficient (Wildman–Crippen LogP) is 3.75. The standard InChI is InChI=1S/C17H19NO2S/c19-15-7-2-1-5-13(15)9-10-17(20)18-11-3-6-14(18)16-8-4-12-21-16/h1-2,4-5,7-8,12,14,19H,3,6,9-11H2. The number of phenolic OH excluding ortho intramolecular Hbond substituents is 1. The predicted molar refractivity (Wildman–Crippen MR) is 84.4 cm³/mol. The third-order valence-electron chi connectivity index (χ3n) is 4.04. The lowest BCUT2D eigenvalue weighted by Crippen LogP contribution is -2.30. The summed E-state index contributed by atoms with van der Waals surface area (Å²) < 4.78 is 0. The smallest absolute Gasteiger partial charge is 0.223 e. The van der Waals surface area contributed by atoms with E-state index >= 15 is 0 Å². The largest absolute Gasteiger partial charge is 0.508 e. The number of carbonyl (C=O) groups excluding carboxylic acids is 1. The average Bonchev–Trinajstić information content (AvgIpc) is 3.16. The molecule has 1 amide bonds. The van der Waals surface area contributed by atoms with Crippen LogP contribution in [0.2, 0.25) is 0 Å². The van der Waals surface area contributed by atoms with Crippen molar-refractivity contribution in [3.63, 3.8) is 0 Å². The summed E-state index contributed by atoms with van der Waals surface area (Å²) in [5.41, 5.74) is 0.845. The van der Waals surface area contributed by atoms with Gasteiger partial charge in [-0.25, -0.2) is 0 Å². The van der Waals surface area contributed by atoms with E-state index in [4.69, 9.17) is 0 Å². The zero-order valence-corrected chi connectivity index (χ0v) is 12.7. The quantitative estimate of drug-likeness (QED) is 0.934. The Bertz CT molecular complexity index is 609. The number of carbonyl (C=O) groups is 1. The lowest BCUT2D eigenvalue weighted by atomic mass is 10.1. The number of phenols is 1. The van der Waals surface area contributed by atoms with Gasteiger partial charge >= 0.3 is 0 Å². The first-order chi connectivity index (χ1) is 10.3. The van der Waals surface area contributed by atoms with Gasteiger partial charge in [0.1, 0.15) is 5.75 Å². The molecule has 0 saturated carbocycles. The minimum atomic E-state index is 0.189. The van der Waals surface area contributed by atoms with E-state index in [0.717, 1.165) is 24.9 Å². The van der Waals surface area contributed by atoms with Crippen molar-refractivity contribution in [1.29, 1.82) is 0 Å². The molecule has 3 nitrogen and oxygen atoms in total. The number of para-hydroxylation sites is 1. The van der Waals surface area contributed by atoms with E-state index in [1.807, 2.05) is 23.1 Å². The van der Waals surface area contributed by atoms with E-state index in [-0.39, 0.29) is 17.7 Å². The van der Waals surface area contributed by atoms with Crippen LogP contribution in [0.15, 0.2) is 41.8 Å². The lowest BCUT2D eigenvalue weighted by Gasteiger charge is -2.24. The number of benzene rings is 1. The Balaban J connectivity index is 1.64. The highest BCUT2D eigenvalue weighted by atomic mass is 32.1. The molecule has 0 aliphatic carbocycles. The number of nitrogens with zero attached hydrogens (tertiary/aromatic N) is 1. The molecule has 0 bridgehead atoms. The Morgan fingerprint density at radius 3 is 2.90 bits per heavy atom. The van der Waals surface area contributed by atoms with E-state index in [9.17, 15) is 9.90 Å². The van der Waals surface area contributed by atoms with Gasteiger partial charge in [-0.05, 0) is 42.3 Å². The van der Waals surface area contributed by atoms with Gasteiger partial charge in [-0.2, -0.15) is 0 Å². The molecule has 4 heteroatoms. The van der Waals surface area contributed by atoms with Gasteiger partial charge in [0.15, 0.2) is 0 Å². The second-order valence-corrected chi connectivity index (χ2v) is 6.37. The van der Waals surface area contributed by atoms with Gasteiger partial charge in [-0.3, -0.25) is 4.79 Å². The van der Waals surface area contributed by atoms with Gasteiger partial charge in [-0.1, -0.05) is 24.3 Å². The van der Waals surface area contributed by atoms with Gasteiger partial charge in [0.05, 0.1) is 6.04 Å². The fraction of sp³-hybridized carbons (Fsp3) is 0.353. The molecule has 0 radical (unpaired) electrons. The molecule has 2 aromatic rings. The van der Waals surface area contributed by atoms with Gasteiger partial charge in [0.25, 0.3) is 0 Å². The third kappa shape index (κ3) is 3.10. The van der Waals surface area contributed by atoms with Gasteiger partial charge in [0.2, 0.25) is 5.91 Å². The molecule has 110 valence electrons. The number of hydrogen-bond donors (Lipinski definition) is 1. The summed E-state index contributed by atoms with van der Waals surface area (Å²) in [6.45, 7) is 0.849. The van der Waals surface area contributed by atoms with Crippen LogP contribution in [0.3, 0.4) is 0 Å². The summed E-state index contributed by atoms with van der Waals surface area (Å²) in [5, 5.41) is 11.8. The van der Waals surface area contributed by atoms with Crippen molar-refractivity contribution < 1.29 is 9.90 Å². The molecular weight excluding hydrogens is 282 g/mol. The topological polar surface area (TPSA) is 40.5 Å². The molecule has 1 aromatic carbocycles. The minimum Gasteiger partial charge on any atom is -0.508 e. The van der Waals surface area contributed by atoms with Crippen molar-refractivity contribution in [3.8, 4) is 5.75 Å². The van der Waals surface area contributed by atoms with Crippen LogP contribution in [0.4, 0.5) is 0 Å². The van der Waals surface area contributed by atoms with Gasteiger partial charge in [0, 0.05) is 17.8 Å². The number of rotatable bonds is 4. The molecule has 1 aliphatic heterocycles. The maximum atomic E-state index is 12.5. The Morgan fingerprint density at radius 1 is 1.29 bits per heavy atom. The summed E-state index contributed by atoms with van der Waals surface area (Å²) in [7, 11) is 0. The van der Waals surface area contributed by atoms with Crippen LogP contribution < -0.4 is 0 Å². The highest BCUT2D eigenvalue weighted by molar-refractivity contribution is 7.10. The van der Waals surface area contributed by atoms with Crippen molar-refractivity contribution in [3.05, 3.63) is 52.2 Å². The Labute approximate surface area is 128 Å². The molecule has 0 spiro atoms. The first-order valence-electron chi connectivity index (χ1n) is 7.35. The van der Waals surface area contributed by atoms with Crippen molar-refractivity contribution in [2.75, 3.05) is 6.54 Å². The monoisotopic (exact) mass is 301 g/mol. The Morgan fingerprint density at radius 2 is 2.14 bits per heavy atom. The van der Waals surface area contributed by atoms with Crippen LogP contribution >= 0.6 is 11.3 Å². The van der Waals surface area contributed by atoms with Crippen LogP contribution in [-0.4, -0.2) is 22.5 Å². The number of amides is 1. The van der Waals surface area contributed by atoms with Gasteiger partial charge < -0.3 is 10.0 Å². The molecule has 2 heterocycles. The highest BCUT2D eigenvalue weighted by Gasteiger charge is 2.30. The van der Waals surface area contributed by atoms with Crippen LogP contribution in [-0.2, 0) is 11.2 Å². The zero-order chi connectivity index (χ0) is 14.7. The second-order valence-electron chi connectivity index (χ2n) is 5.39. The molecule has 1 N–H and O–H groups in total. The van der Waals surface area contributed by atoms with Crippen molar-refractivity contribution in [2.45, 2.75) is 31.7 Å². The number of aromatic hydroxyl groups is 1. The van der Waals surface area contributed by atoms with Crippen molar-refractivity contribution in [1.82, 2.24) is 4.90 Å². The molecule has 1 aromatic heterocycles. The van der Waals surface area contributed by atoms with Crippen LogP contribution in [0.1, 0.15) is 35.7 Å². The van der Waals surface area contributed by atoms with Crippen LogP contribution in [0, 0.1) is 0 Å². The Kier molecular flexibility index (Phi) is 4.25. The number of hydrogen-bond acceptors (Lipinski definition) is 3. The summed E-state index contributed by atoms with van der Waals surface area (Å²) >= 11 is 1.72. The van der Waals surface area contributed by atoms with Crippen molar-refractivity contribution >= 4 is 17.2 Å². The van der Waals surface area contributed by atoms with E-state index in [0.29, 0.717) is 12.8 Å². The number of thiophene rings is 1. The molecular formula is C17H19NO2S. The van der Waals surface area contributed by atoms with E-state index in [1.165, 1.54) is 4.88 Å². The SMILES string of the molecule is O=C(CCc1ccccc1O)N1CCCC1c1cccs1. The average molecular weight is 301 g/mol. The Hall–Kier alpha value is -1.81. The third-order valence-corrected chi connectivity index (χ3v) is 5.02.